The van der Waals surface area contributed by atoms with Gasteiger partial charge in [-0.2, -0.15) is 5.26 Å². The van der Waals surface area contributed by atoms with E-state index in [4.69, 9.17) is 26.3 Å². The van der Waals surface area contributed by atoms with E-state index in [1.807, 2.05) is 38.1 Å². The van der Waals surface area contributed by atoms with E-state index in [-0.39, 0.29) is 12.0 Å². The molecule has 29 heavy (non-hydrogen) atoms. The zero-order valence-corrected chi connectivity index (χ0v) is 18.1. The first-order valence-electron chi connectivity index (χ1n) is 9.06. The molecule has 0 radical (unpaired) electrons. The maximum Gasteiger partial charge on any atom is 0.248 e. The number of para-hydroxylation sites is 1. The Bertz CT molecular complexity index is 923. The number of halogens is 1. The van der Waals surface area contributed by atoms with Gasteiger partial charge in [-0.15, -0.1) is 11.8 Å². The normalized spacial score (nSPS) is 10.8. The van der Waals surface area contributed by atoms with Crippen molar-refractivity contribution in [3.63, 3.8) is 0 Å². The lowest BCUT2D eigenvalue weighted by molar-refractivity contribution is -0.111. The molecule has 0 saturated heterocycles. The van der Waals surface area contributed by atoms with E-state index in [0.29, 0.717) is 34.4 Å². The molecule has 0 aliphatic carbocycles. The highest BCUT2D eigenvalue weighted by atomic mass is 35.5. The van der Waals surface area contributed by atoms with Crippen LogP contribution in [0.1, 0.15) is 25.8 Å². The van der Waals surface area contributed by atoms with Crippen molar-refractivity contribution in [1.82, 2.24) is 0 Å². The van der Waals surface area contributed by atoms with Gasteiger partial charge >= 0.3 is 0 Å². The van der Waals surface area contributed by atoms with E-state index in [9.17, 15) is 4.79 Å². The molecule has 0 spiro atoms. The van der Waals surface area contributed by atoms with Crippen LogP contribution in [0.15, 0.2) is 47.4 Å². The third-order valence-electron chi connectivity index (χ3n) is 3.65. The highest BCUT2D eigenvalue weighted by Crippen LogP contribution is 2.37. The third-order valence-corrected chi connectivity index (χ3v) is 5.00. The molecular weight excluding hydrogens is 408 g/mol. The Morgan fingerprint density at radius 3 is 2.79 bits per heavy atom. The molecule has 2 aromatic carbocycles. The molecule has 0 heterocycles. The number of nitrogens with zero attached hydrogens (tertiary/aromatic N) is 1. The molecule has 2 aromatic rings. The number of thioether (sulfide) groups is 1. The highest BCUT2D eigenvalue weighted by Gasteiger charge is 2.13. The first-order chi connectivity index (χ1) is 13.9. The van der Waals surface area contributed by atoms with Crippen LogP contribution in [0.25, 0.3) is 6.08 Å². The van der Waals surface area contributed by atoms with Gasteiger partial charge in [0.25, 0.3) is 0 Å². The van der Waals surface area contributed by atoms with Crippen LogP contribution < -0.4 is 14.8 Å². The molecular formula is C22H23ClN2O3S. The van der Waals surface area contributed by atoms with Crippen molar-refractivity contribution in [1.29, 1.82) is 5.26 Å². The Morgan fingerprint density at radius 2 is 2.10 bits per heavy atom. The summed E-state index contributed by atoms with van der Waals surface area (Å²) in [6.07, 6.45) is 3.50. The number of nitriles is 1. The summed E-state index contributed by atoms with van der Waals surface area (Å²) < 4.78 is 11.1. The number of nitrogens with one attached hydrogen (secondary N) is 1. The van der Waals surface area contributed by atoms with Crippen molar-refractivity contribution in [2.75, 3.05) is 18.2 Å². The number of anilines is 1. The second kappa shape index (κ2) is 11.4. The molecule has 0 unspecified atom stereocenters. The van der Waals surface area contributed by atoms with Crippen molar-refractivity contribution in [2.45, 2.75) is 31.3 Å². The zero-order valence-electron chi connectivity index (χ0n) is 16.6. The van der Waals surface area contributed by atoms with Gasteiger partial charge < -0.3 is 14.8 Å². The molecule has 0 bridgehead atoms. The quantitative estimate of drug-likeness (QED) is 0.309. The molecule has 1 N–H and O–H groups in total. The summed E-state index contributed by atoms with van der Waals surface area (Å²) in [6.45, 7) is 3.81. The molecule has 1 amide bonds. The minimum Gasteiger partial charge on any atom is -0.493 e. The molecule has 0 aliphatic rings. The predicted octanol–water partition coefficient (Wildman–Crippen LogP) is 5.79. The fourth-order valence-electron chi connectivity index (χ4n) is 2.43. The molecule has 7 heteroatoms. The summed E-state index contributed by atoms with van der Waals surface area (Å²) in [7, 11) is 1.54. The SMILES string of the molecule is COc1cc(/C=C/C(=O)Nc2ccccc2SCCC#N)cc(Cl)c1OC(C)C. The predicted molar refractivity (Wildman–Crippen MR) is 119 cm³/mol. The van der Waals surface area contributed by atoms with Gasteiger partial charge in [0.2, 0.25) is 5.91 Å². The summed E-state index contributed by atoms with van der Waals surface area (Å²) in [4.78, 5) is 13.3. The number of benzene rings is 2. The standard InChI is InChI=1S/C22H23ClN2O3S/c1-15(2)28-22-17(23)13-16(14-19(22)27-3)9-10-21(26)25-18-7-4-5-8-20(18)29-12-6-11-24/h4-5,7-10,13-15H,6,12H2,1-3H3,(H,25,26)/b10-9+. The molecule has 5 nitrogen and oxygen atoms in total. The first-order valence-corrected chi connectivity index (χ1v) is 10.4. The fraction of sp³-hybridized carbons (Fsp3) is 0.273. The number of rotatable bonds is 9. The number of amides is 1. The lowest BCUT2D eigenvalue weighted by atomic mass is 10.1. The summed E-state index contributed by atoms with van der Waals surface area (Å²) in [5.41, 5.74) is 1.43. The van der Waals surface area contributed by atoms with Crippen molar-refractivity contribution in [3.05, 3.63) is 53.1 Å². The summed E-state index contributed by atoms with van der Waals surface area (Å²) in [6, 6.07) is 13.1. The molecule has 0 saturated carbocycles. The van der Waals surface area contributed by atoms with Crippen LogP contribution in [0.3, 0.4) is 0 Å². The molecule has 0 aliphatic heterocycles. The van der Waals surface area contributed by atoms with Gasteiger partial charge in [-0.05, 0) is 49.8 Å². The number of carbonyl (C=O) groups excluding carboxylic acids is 1. The number of hydrogen-bond acceptors (Lipinski definition) is 5. The van der Waals surface area contributed by atoms with Crippen LogP contribution in [0, 0.1) is 11.3 Å². The van der Waals surface area contributed by atoms with Crippen LogP contribution in [-0.4, -0.2) is 24.9 Å². The van der Waals surface area contributed by atoms with Gasteiger partial charge in [-0.25, -0.2) is 0 Å². The second-order valence-corrected chi connectivity index (χ2v) is 7.82. The van der Waals surface area contributed by atoms with E-state index in [0.717, 1.165) is 10.5 Å². The van der Waals surface area contributed by atoms with E-state index in [1.54, 1.807) is 25.3 Å². The smallest absolute Gasteiger partial charge is 0.248 e. The minimum atomic E-state index is -0.268. The zero-order chi connectivity index (χ0) is 21.2. The third kappa shape index (κ3) is 7.04. The van der Waals surface area contributed by atoms with E-state index in [2.05, 4.69) is 11.4 Å². The Labute approximate surface area is 180 Å². The van der Waals surface area contributed by atoms with E-state index < -0.39 is 0 Å². The molecule has 0 aromatic heterocycles. The van der Waals surface area contributed by atoms with Crippen molar-refractivity contribution in [2.24, 2.45) is 0 Å². The van der Waals surface area contributed by atoms with Gasteiger partial charge in [-0.3, -0.25) is 4.79 Å². The monoisotopic (exact) mass is 430 g/mol. The maximum atomic E-state index is 12.4. The Morgan fingerprint density at radius 1 is 1.34 bits per heavy atom. The summed E-state index contributed by atoms with van der Waals surface area (Å²) >= 11 is 7.85. The summed E-state index contributed by atoms with van der Waals surface area (Å²) in [5.74, 6) is 1.39. The topological polar surface area (TPSA) is 71.3 Å². The largest absolute Gasteiger partial charge is 0.493 e. The maximum absolute atomic E-state index is 12.4. The highest BCUT2D eigenvalue weighted by molar-refractivity contribution is 7.99. The summed E-state index contributed by atoms with van der Waals surface area (Å²) in [5, 5.41) is 12.0. The fourth-order valence-corrected chi connectivity index (χ4v) is 3.56. The van der Waals surface area contributed by atoms with Crippen LogP contribution in [-0.2, 0) is 4.79 Å². The second-order valence-electron chi connectivity index (χ2n) is 6.28. The van der Waals surface area contributed by atoms with Gasteiger partial charge in [0.05, 0.1) is 30.0 Å². The van der Waals surface area contributed by atoms with Crippen molar-refractivity contribution < 1.29 is 14.3 Å². The molecule has 0 atom stereocenters. The van der Waals surface area contributed by atoms with Gasteiger partial charge in [0.1, 0.15) is 0 Å². The van der Waals surface area contributed by atoms with E-state index >= 15 is 0 Å². The minimum absolute atomic E-state index is 0.0420. The number of ether oxygens (including phenoxy) is 2. The lowest BCUT2D eigenvalue weighted by Gasteiger charge is -2.15. The molecule has 0 fully saturated rings. The lowest BCUT2D eigenvalue weighted by Crippen LogP contribution is -2.09. The van der Waals surface area contributed by atoms with Gasteiger partial charge in [0, 0.05) is 23.1 Å². The van der Waals surface area contributed by atoms with E-state index in [1.165, 1.54) is 17.8 Å². The van der Waals surface area contributed by atoms with Crippen LogP contribution in [0.4, 0.5) is 5.69 Å². The van der Waals surface area contributed by atoms with Crippen molar-refractivity contribution in [3.8, 4) is 17.6 Å². The first kappa shape index (κ1) is 22.7. The number of carbonyl (C=O) groups is 1. The average molecular weight is 431 g/mol. The van der Waals surface area contributed by atoms with Gasteiger partial charge in [-0.1, -0.05) is 23.7 Å². The number of methoxy groups -OCH3 is 1. The van der Waals surface area contributed by atoms with Crippen LogP contribution >= 0.6 is 23.4 Å². The Balaban J connectivity index is 2.12. The van der Waals surface area contributed by atoms with Gasteiger partial charge in [0.15, 0.2) is 11.5 Å². The van der Waals surface area contributed by atoms with Crippen molar-refractivity contribution >= 4 is 41.0 Å². The average Bonchev–Trinajstić information content (AvgIpc) is 2.69. The number of hydrogen-bond donors (Lipinski definition) is 1. The molecule has 152 valence electrons. The Kier molecular flexibility index (Phi) is 8.91. The van der Waals surface area contributed by atoms with Crippen LogP contribution in [0.5, 0.6) is 11.5 Å². The molecule has 2 rings (SSSR count). The Hall–Kier alpha value is -2.62. The van der Waals surface area contributed by atoms with Crippen LogP contribution in [0.2, 0.25) is 5.02 Å².